The molecule has 0 spiro atoms. The van der Waals surface area contributed by atoms with Crippen molar-refractivity contribution in [3.05, 3.63) is 48.0 Å². The zero-order valence-electron chi connectivity index (χ0n) is 16.9. The van der Waals surface area contributed by atoms with Gasteiger partial charge in [-0.05, 0) is 43.3 Å². The topological polar surface area (TPSA) is 111 Å². The third-order valence-corrected chi connectivity index (χ3v) is 6.41. The van der Waals surface area contributed by atoms with Gasteiger partial charge >= 0.3 is 0 Å². The van der Waals surface area contributed by atoms with Crippen molar-refractivity contribution < 1.29 is 32.2 Å². The summed E-state index contributed by atoms with van der Waals surface area (Å²) in [6.07, 6.45) is -0.786. The van der Waals surface area contributed by atoms with E-state index in [1.165, 1.54) is 37.3 Å². The molecule has 2 aliphatic rings. The fourth-order valence-corrected chi connectivity index (χ4v) is 4.39. The summed E-state index contributed by atoms with van der Waals surface area (Å²) in [5, 5.41) is 0. The highest BCUT2D eigenvalue weighted by Crippen LogP contribution is 2.34. The Labute approximate surface area is 179 Å². The van der Waals surface area contributed by atoms with E-state index in [0.29, 0.717) is 43.3 Å². The second-order valence-corrected chi connectivity index (χ2v) is 8.89. The summed E-state index contributed by atoms with van der Waals surface area (Å²) < 4.78 is 44.6. The van der Waals surface area contributed by atoms with Gasteiger partial charge in [0.25, 0.3) is 15.9 Å². The number of anilines is 1. The Morgan fingerprint density at radius 1 is 1.03 bits per heavy atom. The number of amides is 1. The lowest BCUT2D eigenvalue weighted by Crippen LogP contribution is -2.50. The van der Waals surface area contributed by atoms with Gasteiger partial charge in [0.15, 0.2) is 17.3 Å². The van der Waals surface area contributed by atoms with E-state index in [4.69, 9.17) is 14.2 Å². The molecule has 2 aromatic rings. The molecule has 1 unspecified atom stereocenters. The van der Waals surface area contributed by atoms with E-state index < -0.39 is 16.1 Å². The summed E-state index contributed by atoms with van der Waals surface area (Å²) in [7, 11) is -3.89. The lowest BCUT2D eigenvalue weighted by atomic mass is 10.1. The number of nitrogens with zero attached hydrogens (tertiary/aromatic N) is 1. The molecular weight excluding hydrogens is 424 g/mol. The van der Waals surface area contributed by atoms with Gasteiger partial charge in [-0.25, -0.2) is 8.42 Å². The molecule has 2 aliphatic heterocycles. The summed E-state index contributed by atoms with van der Waals surface area (Å²) in [6, 6.07) is 10.4. The van der Waals surface area contributed by atoms with Gasteiger partial charge in [0.1, 0.15) is 6.61 Å². The minimum Gasteiger partial charge on any atom is -0.485 e. The van der Waals surface area contributed by atoms with E-state index in [-0.39, 0.29) is 28.9 Å². The molecule has 0 radical (unpaired) electrons. The number of rotatable bonds is 5. The van der Waals surface area contributed by atoms with Gasteiger partial charge in [0, 0.05) is 30.4 Å². The fourth-order valence-electron chi connectivity index (χ4n) is 3.31. The van der Waals surface area contributed by atoms with Crippen LogP contribution in [0.15, 0.2) is 47.4 Å². The highest BCUT2D eigenvalue weighted by atomic mass is 32.2. The predicted octanol–water partition coefficient (Wildman–Crippen LogP) is 1.69. The average Bonchev–Trinajstić information content (AvgIpc) is 2.78. The number of morpholine rings is 1. The maximum atomic E-state index is 12.7. The van der Waals surface area contributed by atoms with Crippen molar-refractivity contribution in [2.75, 3.05) is 37.6 Å². The number of hydrogen-bond donors (Lipinski definition) is 1. The average molecular weight is 446 g/mol. The first-order chi connectivity index (χ1) is 14.8. The van der Waals surface area contributed by atoms with Gasteiger partial charge in [-0.1, -0.05) is 0 Å². The number of ketones is 1. The van der Waals surface area contributed by atoms with Gasteiger partial charge in [0.2, 0.25) is 6.10 Å². The summed E-state index contributed by atoms with van der Waals surface area (Å²) in [5.74, 6) is 0.274. The van der Waals surface area contributed by atoms with Gasteiger partial charge in [-0.3, -0.25) is 14.3 Å². The predicted molar refractivity (Wildman–Crippen MR) is 111 cm³/mol. The number of carbonyl (C=O) groups excluding carboxylic acids is 2. The van der Waals surface area contributed by atoms with E-state index in [1.807, 2.05) is 0 Å². The third kappa shape index (κ3) is 4.64. The Kier molecular flexibility index (Phi) is 5.84. The number of ether oxygens (including phenoxy) is 3. The number of nitrogens with one attached hydrogen (secondary N) is 1. The van der Waals surface area contributed by atoms with Crippen LogP contribution in [0.5, 0.6) is 11.5 Å². The molecule has 164 valence electrons. The molecule has 0 saturated carbocycles. The summed E-state index contributed by atoms with van der Waals surface area (Å²) in [6.45, 7) is 3.41. The molecule has 9 nitrogen and oxygen atoms in total. The van der Waals surface area contributed by atoms with Gasteiger partial charge in [-0.2, -0.15) is 0 Å². The van der Waals surface area contributed by atoms with Crippen LogP contribution in [0.3, 0.4) is 0 Å². The van der Waals surface area contributed by atoms with Crippen molar-refractivity contribution in [2.45, 2.75) is 17.9 Å². The van der Waals surface area contributed by atoms with Crippen molar-refractivity contribution in [2.24, 2.45) is 0 Å². The minimum atomic E-state index is -3.89. The molecule has 1 amide bonds. The number of carbonyl (C=O) groups is 2. The molecule has 2 aromatic carbocycles. The summed E-state index contributed by atoms with van der Waals surface area (Å²) >= 11 is 0. The molecule has 1 atom stereocenters. The van der Waals surface area contributed by atoms with Crippen molar-refractivity contribution in [3.63, 3.8) is 0 Å². The Morgan fingerprint density at radius 3 is 2.42 bits per heavy atom. The number of fused-ring (bicyclic) bond motifs is 1. The highest BCUT2D eigenvalue weighted by Gasteiger charge is 2.32. The zero-order valence-corrected chi connectivity index (χ0v) is 17.7. The van der Waals surface area contributed by atoms with Crippen molar-refractivity contribution in [3.8, 4) is 11.5 Å². The monoisotopic (exact) mass is 446 g/mol. The van der Waals surface area contributed by atoms with Crippen LogP contribution in [0.1, 0.15) is 17.3 Å². The van der Waals surface area contributed by atoms with E-state index in [2.05, 4.69) is 4.72 Å². The first-order valence-corrected chi connectivity index (χ1v) is 11.3. The molecule has 0 aliphatic carbocycles. The largest absolute Gasteiger partial charge is 0.485 e. The number of Topliss-reactive ketones (excluding diaryl/α,β-unsaturated/α-hetero) is 1. The molecule has 4 rings (SSSR count). The van der Waals surface area contributed by atoms with E-state index >= 15 is 0 Å². The summed E-state index contributed by atoms with van der Waals surface area (Å²) in [5.41, 5.74) is 0.819. The maximum Gasteiger partial charge on any atom is 0.267 e. The van der Waals surface area contributed by atoms with Crippen LogP contribution in [-0.4, -0.2) is 64.0 Å². The molecule has 0 bridgehead atoms. The Morgan fingerprint density at radius 2 is 1.74 bits per heavy atom. The Balaban J connectivity index is 1.47. The van der Waals surface area contributed by atoms with Crippen LogP contribution < -0.4 is 14.2 Å². The Bertz CT molecular complexity index is 1090. The normalized spacial score (nSPS) is 18.4. The minimum absolute atomic E-state index is 0.00731. The van der Waals surface area contributed by atoms with Gasteiger partial charge in [-0.15, -0.1) is 0 Å². The number of benzene rings is 2. The molecule has 2 heterocycles. The quantitative estimate of drug-likeness (QED) is 0.696. The lowest BCUT2D eigenvalue weighted by molar-refractivity contribution is -0.145. The van der Waals surface area contributed by atoms with Crippen LogP contribution in [0, 0.1) is 0 Å². The van der Waals surface area contributed by atoms with Gasteiger partial charge in [0.05, 0.1) is 18.1 Å². The van der Waals surface area contributed by atoms with E-state index in [1.54, 1.807) is 17.0 Å². The van der Waals surface area contributed by atoms with Crippen molar-refractivity contribution in [1.29, 1.82) is 0 Å². The molecule has 1 fully saturated rings. The third-order valence-electron chi connectivity index (χ3n) is 5.03. The number of hydrogen-bond acceptors (Lipinski definition) is 7. The molecule has 31 heavy (non-hydrogen) atoms. The van der Waals surface area contributed by atoms with E-state index in [0.717, 1.165) is 0 Å². The summed E-state index contributed by atoms with van der Waals surface area (Å²) in [4.78, 5) is 25.6. The first kappa shape index (κ1) is 21.1. The van der Waals surface area contributed by atoms with Crippen molar-refractivity contribution >= 4 is 27.4 Å². The first-order valence-electron chi connectivity index (χ1n) is 9.77. The van der Waals surface area contributed by atoms with Gasteiger partial charge < -0.3 is 19.1 Å². The second kappa shape index (κ2) is 8.56. The van der Waals surface area contributed by atoms with Crippen LogP contribution in [0.25, 0.3) is 0 Å². The molecule has 1 saturated heterocycles. The van der Waals surface area contributed by atoms with E-state index in [9.17, 15) is 18.0 Å². The maximum absolute atomic E-state index is 12.7. The SMILES string of the molecule is CC(=O)c1ccc(NS(=O)(=O)c2ccc3c(c2)OCC(C(=O)N2CCOCC2)O3)cc1. The fraction of sp³-hybridized carbons (Fsp3) is 0.333. The van der Waals surface area contributed by atoms with Crippen LogP contribution in [-0.2, 0) is 19.6 Å². The smallest absolute Gasteiger partial charge is 0.267 e. The standard InChI is InChI=1S/C21H22N2O7S/c1-14(24)15-2-4-16(5-3-15)22-31(26,27)17-6-7-18-19(12-17)29-13-20(30-18)21(25)23-8-10-28-11-9-23/h2-7,12,20,22H,8-11,13H2,1H3. The lowest BCUT2D eigenvalue weighted by Gasteiger charge is -2.32. The molecule has 10 heteroatoms. The van der Waals surface area contributed by atoms with Crippen LogP contribution in [0.2, 0.25) is 0 Å². The molecular formula is C21H22N2O7S. The number of sulfonamides is 1. The molecule has 0 aromatic heterocycles. The zero-order chi connectivity index (χ0) is 22.0. The molecule has 1 N–H and O–H groups in total. The van der Waals surface area contributed by atoms with Crippen molar-refractivity contribution in [1.82, 2.24) is 4.90 Å². The van der Waals surface area contributed by atoms with Crippen LogP contribution >= 0.6 is 0 Å². The highest BCUT2D eigenvalue weighted by molar-refractivity contribution is 7.92. The second-order valence-electron chi connectivity index (χ2n) is 7.20. The Hall–Kier alpha value is -3.11. The van der Waals surface area contributed by atoms with Crippen LogP contribution in [0.4, 0.5) is 5.69 Å².